The number of rotatable bonds is 7. The Kier molecular flexibility index (Phi) is 6.72. The Morgan fingerprint density at radius 1 is 1.33 bits per heavy atom. The van der Waals surface area contributed by atoms with Crippen molar-refractivity contribution in [2.75, 3.05) is 6.61 Å². The number of hydrogen-bond acceptors (Lipinski definition) is 4. The molecule has 1 saturated carbocycles. The van der Waals surface area contributed by atoms with E-state index in [2.05, 4.69) is 11.9 Å². The summed E-state index contributed by atoms with van der Waals surface area (Å²) in [5, 5.41) is 0. The Balaban J connectivity index is 1.94. The lowest BCUT2D eigenvalue weighted by atomic mass is 9.80. The SMILES string of the molecule is CCCC1CCC(COC(=O)C(C)(C(N)=S)c2ccccn2)CC1. The van der Waals surface area contributed by atoms with E-state index in [4.69, 9.17) is 22.7 Å². The van der Waals surface area contributed by atoms with E-state index in [0.717, 1.165) is 18.8 Å². The molecule has 1 aromatic heterocycles. The maximum absolute atomic E-state index is 12.7. The molecule has 1 aliphatic rings. The number of carbonyl (C=O) groups excluding carboxylic acids is 1. The maximum atomic E-state index is 12.7. The summed E-state index contributed by atoms with van der Waals surface area (Å²) in [4.78, 5) is 17.0. The van der Waals surface area contributed by atoms with Gasteiger partial charge in [-0.2, -0.15) is 0 Å². The maximum Gasteiger partial charge on any atom is 0.324 e. The average Bonchev–Trinajstić information content (AvgIpc) is 2.61. The number of pyridine rings is 1. The summed E-state index contributed by atoms with van der Waals surface area (Å²) >= 11 is 5.14. The van der Waals surface area contributed by atoms with Crippen LogP contribution in [-0.4, -0.2) is 22.5 Å². The molecule has 4 nitrogen and oxygen atoms in total. The smallest absolute Gasteiger partial charge is 0.324 e. The van der Waals surface area contributed by atoms with Crippen molar-refractivity contribution >= 4 is 23.2 Å². The lowest BCUT2D eigenvalue weighted by Gasteiger charge is -2.30. The number of ether oxygens (including phenoxy) is 1. The highest BCUT2D eigenvalue weighted by Crippen LogP contribution is 2.32. The Bertz CT molecular complexity index is 556. The van der Waals surface area contributed by atoms with Gasteiger partial charge in [-0.3, -0.25) is 9.78 Å². The van der Waals surface area contributed by atoms with Crippen molar-refractivity contribution in [2.45, 2.75) is 57.8 Å². The molecule has 0 spiro atoms. The predicted molar refractivity (Wildman–Crippen MR) is 99.7 cm³/mol. The second-order valence-electron chi connectivity index (χ2n) is 6.98. The van der Waals surface area contributed by atoms with Crippen LogP contribution < -0.4 is 5.73 Å². The van der Waals surface area contributed by atoms with Crippen LogP contribution in [-0.2, 0) is 14.9 Å². The molecular formula is C19H28N2O2S. The zero-order chi connectivity index (χ0) is 17.6. The summed E-state index contributed by atoms with van der Waals surface area (Å²) in [5.74, 6) is 0.892. The minimum atomic E-state index is -1.17. The highest BCUT2D eigenvalue weighted by molar-refractivity contribution is 7.80. The highest BCUT2D eigenvalue weighted by atomic mass is 32.1. The lowest BCUT2D eigenvalue weighted by molar-refractivity contribution is -0.149. The molecule has 0 saturated heterocycles. The summed E-state index contributed by atoms with van der Waals surface area (Å²) in [6.07, 6.45) is 8.93. The van der Waals surface area contributed by atoms with Gasteiger partial charge < -0.3 is 10.5 Å². The van der Waals surface area contributed by atoms with Crippen LogP contribution in [0.25, 0.3) is 0 Å². The van der Waals surface area contributed by atoms with Gasteiger partial charge in [0.05, 0.1) is 17.3 Å². The fourth-order valence-electron chi connectivity index (χ4n) is 3.42. The molecule has 0 aliphatic heterocycles. The van der Waals surface area contributed by atoms with Crippen molar-refractivity contribution in [1.29, 1.82) is 0 Å². The zero-order valence-electron chi connectivity index (χ0n) is 14.7. The molecule has 5 heteroatoms. The summed E-state index contributed by atoms with van der Waals surface area (Å²) < 4.78 is 5.61. The molecule has 1 heterocycles. The summed E-state index contributed by atoms with van der Waals surface area (Å²) in [5.41, 5.74) is 5.22. The molecule has 0 amide bonds. The summed E-state index contributed by atoms with van der Waals surface area (Å²) in [6, 6.07) is 5.38. The van der Waals surface area contributed by atoms with Crippen LogP contribution >= 0.6 is 12.2 Å². The van der Waals surface area contributed by atoms with Gasteiger partial charge >= 0.3 is 5.97 Å². The van der Waals surface area contributed by atoms with Crippen LogP contribution in [0.1, 0.15) is 58.1 Å². The van der Waals surface area contributed by atoms with Crippen LogP contribution in [0.15, 0.2) is 24.4 Å². The van der Waals surface area contributed by atoms with Gasteiger partial charge in [-0.25, -0.2) is 0 Å². The van der Waals surface area contributed by atoms with Crippen molar-refractivity contribution in [2.24, 2.45) is 17.6 Å². The molecule has 1 fully saturated rings. The van der Waals surface area contributed by atoms with Gasteiger partial charge in [-0.05, 0) is 43.7 Å². The number of hydrogen-bond donors (Lipinski definition) is 1. The lowest BCUT2D eigenvalue weighted by Crippen LogP contribution is -2.46. The van der Waals surface area contributed by atoms with Gasteiger partial charge in [0.15, 0.2) is 5.41 Å². The van der Waals surface area contributed by atoms with Crippen LogP contribution in [0.2, 0.25) is 0 Å². The average molecular weight is 349 g/mol. The number of thiocarbonyl (C=S) groups is 1. The number of nitrogens with two attached hydrogens (primary N) is 1. The Hall–Kier alpha value is -1.49. The first kappa shape index (κ1) is 18.8. The molecule has 0 radical (unpaired) electrons. The molecule has 2 N–H and O–H groups in total. The van der Waals surface area contributed by atoms with Gasteiger partial charge in [0.2, 0.25) is 0 Å². The van der Waals surface area contributed by atoms with E-state index in [0.29, 0.717) is 18.2 Å². The fraction of sp³-hybridized carbons (Fsp3) is 0.632. The molecule has 1 atom stereocenters. The monoisotopic (exact) mass is 348 g/mol. The molecule has 2 rings (SSSR count). The Labute approximate surface area is 150 Å². The van der Waals surface area contributed by atoms with Gasteiger partial charge in [-0.1, -0.05) is 50.9 Å². The third kappa shape index (κ3) is 4.32. The van der Waals surface area contributed by atoms with Crippen molar-refractivity contribution in [3.05, 3.63) is 30.1 Å². The third-order valence-corrected chi connectivity index (χ3v) is 5.60. The van der Waals surface area contributed by atoms with Crippen molar-refractivity contribution < 1.29 is 9.53 Å². The standard InChI is InChI=1S/C19H28N2O2S/c1-3-6-14-8-10-15(11-9-14)13-23-18(22)19(2,17(20)24)16-7-4-5-12-21-16/h4-5,7,12,14-15H,3,6,8-11,13H2,1-2H3,(H2,20,24). The molecule has 0 bridgehead atoms. The molecule has 1 unspecified atom stereocenters. The first-order valence-corrected chi connectivity index (χ1v) is 9.28. The van der Waals surface area contributed by atoms with E-state index in [1.54, 1.807) is 25.3 Å². The molecule has 0 aromatic carbocycles. The van der Waals surface area contributed by atoms with Gasteiger partial charge in [0.1, 0.15) is 0 Å². The minimum Gasteiger partial charge on any atom is -0.464 e. The van der Waals surface area contributed by atoms with Crippen molar-refractivity contribution in [3.63, 3.8) is 0 Å². The summed E-state index contributed by atoms with van der Waals surface area (Å²) in [6.45, 7) is 4.38. The topological polar surface area (TPSA) is 65.2 Å². The second-order valence-corrected chi connectivity index (χ2v) is 7.42. The quantitative estimate of drug-likeness (QED) is 0.600. The van der Waals surface area contributed by atoms with E-state index in [9.17, 15) is 4.79 Å². The van der Waals surface area contributed by atoms with Gasteiger partial charge in [0, 0.05) is 6.20 Å². The third-order valence-electron chi connectivity index (χ3n) is 5.19. The van der Waals surface area contributed by atoms with Crippen LogP contribution in [0, 0.1) is 11.8 Å². The largest absolute Gasteiger partial charge is 0.464 e. The zero-order valence-corrected chi connectivity index (χ0v) is 15.5. The normalized spacial score (nSPS) is 23.2. The van der Waals surface area contributed by atoms with Crippen LogP contribution in [0.5, 0.6) is 0 Å². The predicted octanol–water partition coefficient (Wildman–Crippen LogP) is 3.78. The minimum absolute atomic E-state index is 0.0952. The van der Waals surface area contributed by atoms with Crippen molar-refractivity contribution in [3.8, 4) is 0 Å². The van der Waals surface area contributed by atoms with Crippen molar-refractivity contribution in [1.82, 2.24) is 4.98 Å². The van der Waals surface area contributed by atoms with Crippen LogP contribution in [0.4, 0.5) is 0 Å². The Morgan fingerprint density at radius 3 is 2.54 bits per heavy atom. The van der Waals surface area contributed by atoms with E-state index in [1.807, 2.05) is 6.07 Å². The van der Waals surface area contributed by atoms with E-state index in [1.165, 1.54) is 25.7 Å². The fourth-order valence-corrected chi connectivity index (χ4v) is 3.61. The Morgan fingerprint density at radius 2 is 2.00 bits per heavy atom. The molecule has 24 heavy (non-hydrogen) atoms. The first-order chi connectivity index (χ1) is 11.5. The number of nitrogens with zero attached hydrogens (tertiary/aromatic N) is 1. The summed E-state index contributed by atoms with van der Waals surface area (Å²) in [7, 11) is 0. The molecular weight excluding hydrogens is 320 g/mol. The van der Waals surface area contributed by atoms with E-state index >= 15 is 0 Å². The molecule has 1 aromatic rings. The van der Waals surface area contributed by atoms with Gasteiger partial charge in [0.25, 0.3) is 0 Å². The number of carbonyl (C=O) groups is 1. The van der Waals surface area contributed by atoms with Crippen LogP contribution in [0.3, 0.4) is 0 Å². The first-order valence-electron chi connectivity index (χ1n) is 8.87. The van der Waals surface area contributed by atoms with E-state index < -0.39 is 11.4 Å². The second kappa shape index (κ2) is 8.56. The van der Waals surface area contributed by atoms with E-state index in [-0.39, 0.29) is 4.99 Å². The molecule has 132 valence electrons. The highest BCUT2D eigenvalue weighted by Gasteiger charge is 2.41. The number of esters is 1. The molecule has 1 aliphatic carbocycles. The number of aromatic nitrogens is 1. The van der Waals surface area contributed by atoms with Gasteiger partial charge in [-0.15, -0.1) is 0 Å².